The van der Waals surface area contributed by atoms with Crippen molar-refractivity contribution >= 4 is 15.9 Å². The predicted octanol–water partition coefficient (Wildman–Crippen LogP) is 2.90. The van der Waals surface area contributed by atoms with E-state index in [1.165, 1.54) is 16.4 Å². The standard InChI is InChI=1S/C21H26N2O4S/c1-16-13-17(2)15-19(14-16)27-12-9-22-21(24)18-5-7-20(8-6-18)28(25,26)23-10-3-4-11-23/h5-8,13-15H,3-4,9-12H2,1-2H3,(H,22,24). The van der Waals surface area contributed by atoms with Crippen LogP contribution in [0.2, 0.25) is 0 Å². The van der Waals surface area contributed by atoms with Gasteiger partial charge < -0.3 is 10.1 Å². The molecule has 0 spiro atoms. The maximum absolute atomic E-state index is 12.5. The Labute approximate surface area is 166 Å². The van der Waals surface area contributed by atoms with E-state index in [0.717, 1.165) is 29.7 Å². The Morgan fingerprint density at radius 1 is 1.04 bits per heavy atom. The topological polar surface area (TPSA) is 75.7 Å². The Morgan fingerprint density at radius 2 is 1.64 bits per heavy atom. The van der Waals surface area contributed by atoms with Gasteiger partial charge in [0.25, 0.3) is 5.91 Å². The number of ether oxygens (including phenoxy) is 1. The third kappa shape index (κ3) is 4.91. The number of carbonyl (C=O) groups is 1. The summed E-state index contributed by atoms with van der Waals surface area (Å²) in [5.41, 5.74) is 2.68. The molecule has 0 bridgehead atoms. The van der Waals surface area contributed by atoms with Crippen LogP contribution >= 0.6 is 0 Å². The van der Waals surface area contributed by atoms with Crippen LogP contribution < -0.4 is 10.1 Å². The SMILES string of the molecule is Cc1cc(C)cc(OCCNC(=O)c2ccc(S(=O)(=O)N3CCCC3)cc2)c1. The van der Waals surface area contributed by atoms with Gasteiger partial charge in [-0.25, -0.2) is 8.42 Å². The molecule has 1 fully saturated rings. The van der Waals surface area contributed by atoms with Gasteiger partial charge in [-0.1, -0.05) is 6.07 Å². The van der Waals surface area contributed by atoms with E-state index < -0.39 is 10.0 Å². The lowest BCUT2D eigenvalue weighted by atomic mass is 10.1. The zero-order valence-corrected chi connectivity index (χ0v) is 17.1. The maximum atomic E-state index is 12.5. The smallest absolute Gasteiger partial charge is 0.251 e. The minimum atomic E-state index is -3.46. The van der Waals surface area contributed by atoms with E-state index in [4.69, 9.17) is 4.74 Å². The number of benzene rings is 2. The maximum Gasteiger partial charge on any atom is 0.251 e. The van der Waals surface area contributed by atoms with E-state index >= 15 is 0 Å². The van der Waals surface area contributed by atoms with Gasteiger partial charge in [-0.05, 0) is 74.2 Å². The van der Waals surface area contributed by atoms with Crippen LogP contribution in [0.1, 0.15) is 34.3 Å². The first kappa shape index (κ1) is 20.4. The highest BCUT2D eigenvalue weighted by Gasteiger charge is 2.27. The van der Waals surface area contributed by atoms with Crippen LogP contribution in [0.4, 0.5) is 0 Å². The summed E-state index contributed by atoms with van der Waals surface area (Å²) in [5, 5.41) is 2.79. The van der Waals surface area contributed by atoms with Crippen molar-refractivity contribution in [3.63, 3.8) is 0 Å². The molecule has 0 atom stereocenters. The van der Waals surface area contributed by atoms with Gasteiger partial charge in [0, 0.05) is 18.7 Å². The van der Waals surface area contributed by atoms with Crippen molar-refractivity contribution in [3.05, 3.63) is 59.2 Å². The molecule has 0 saturated carbocycles. The highest BCUT2D eigenvalue weighted by atomic mass is 32.2. The Hall–Kier alpha value is -2.38. The van der Waals surface area contributed by atoms with Gasteiger partial charge in [0.2, 0.25) is 10.0 Å². The molecule has 1 aliphatic rings. The first-order valence-corrected chi connectivity index (χ1v) is 10.9. The summed E-state index contributed by atoms with van der Waals surface area (Å²) in [4.78, 5) is 12.5. The van der Waals surface area contributed by atoms with Crippen molar-refractivity contribution in [3.8, 4) is 5.75 Å². The molecule has 1 heterocycles. The Balaban J connectivity index is 1.52. The Kier molecular flexibility index (Phi) is 6.36. The molecule has 1 aliphatic heterocycles. The van der Waals surface area contributed by atoms with Gasteiger partial charge in [-0.2, -0.15) is 4.31 Å². The number of carbonyl (C=O) groups excluding carboxylic acids is 1. The third-order valence-corrected chi connectivity index (χ3v) is 6.58. The Morgan fingerprint density at radius 3 is 2.25 bits per heavy atom. The average molecular weight is 403 g/mol. The minimum Gasteiger partial charge on any atom is -0.492 e. The molecule has 7 heteroatoms. The van der Waals surface area contributed by atoms with E-state index in [2.05, 4.69) is 11.4 Å². The predicted molar refractivity (Wildman–Crippen MR) is 108 cm³/mol. The van der Waals surface area contributed by atoms with E-state index in [-0.39, 0.29) is 10.8 Å². The Bertz CT molecular complexity index is 913. The summed E-state index contributed by atoms with van der Waals surface area (Å²) in [5.74, 6) is 0.525. The number of sulfonamides is 1. The van der Waals surface area contributed by atoms with Crippen molar-refractivity contribution < 1.29 is 17.9 Å². The first-order valence-electron chi connectivity index (χ1n) is 9.46. The molecule has 0 unspecified atom stereocenters. The van der Waals surface area contributed by atoms with Crippen molar-refractivity contribution in [2.75, 3.05) is 26.2 Å². The summed E-state index contributed by atoms with van der Waals surface area (Å²) in [7, 11) is -3.46. The van der Waals surface area contributed by atoms with Gasteiger partial charge in [-0.3, -0.25) is 4.79 Å². The monoisotopic (exact) mass is 402 g/mol. The van der Waals surface area contributed by atoms with Crippen LogP contribution in [-0.2, 0) is 10.0 Å². The van der Waals surface area contributed by atoms with Crippen LogP contribution in [0, 0.1) is 13.8 Å². The first-order chi connectivity index (χ1) is 13.4. The van der Waals surface area contributed by atoms with E-state index in [0.29, 0.717) is 31.8 Å². The second-order valence-electron chi connectivity index (χ2n) is 7.06. The number of hydrogen-bond acceptors (Lipinski definition) is 4. The number of nitrogens with zero attached hydrogens (tertiary/aromatic N) is 1. The largest absolute Gasteiger partial charge is 0.492 e. The lowest BCUT2D eigenvalue weighted by Gasteiger charge is -2.15. The molecule has 3 rings (SSSR count). The minimum absolute atomic E-state index is 0.226. The highest BCUT2D eigenvalue weighted by Crippen LogP contribution is 2.21. The second kappa shape index (κ2) is 8.75. The molecular weight excluding hydrogens is 376 g/mol. The van der Waals surface area contributed by atoms with Crippen LogP contribution in [-0.4, -0.2) is 44.9 Å². The van der Waals surface area contributed by atoms with E-state index in [1.807, 2.05) is 26.0 Å². The number of nitrogens with one attached hydrogen (secondary N) is 1. The van der Waals surface area contributed by atoms with Crippen LogP contribution in [0.5, 0.6) is 5.75 Å². The van der Waals surface area contributed by atoms with Gasteiger partial charge in [0.15, 0.2) is 0 Å². The fourth-order valence-corrected chi connectivity index (χ4v) is 4.82. The normalized spacial score (nSPS) is 14.8. The summed E-state index contributed by atoms with van der Waals surface area (Å²) in [6.45, 7) is 5.86. The van der Waals surface area contributed by atoms with Crippen molar-refractivity contribution in [2.24, 2.45) is 0 Å². The molecule has 0 aliphatic carbocycles. The van der Waals surface area contributed by atoms with Crippen molar-refractivity contribution in [1.82, 2.24) is 9.62 Å². The number of hydrogen-bond donors (Lipinski definition) is 1. The average Bonchev–Trinajstić information content (AvgIpc) is 3.20. The summed E-state index contributed by atoms with van der Waals surface area (Å²) < 4.78 is 32.2. The number of amides is 1. The zero-order valence-electron chi connectivity index (χ0n) is 16.3. The number of aryl methyl sites for hydroxylation is 2. The van der Waals surface area contributed by atoms with Gasteiger partial charge >= 0.3 is 0 Å². The van der Waals surface area contributed by atoms with Crippen LogP contribution in [0.15, 0.2) is 47.4 Å². The van der Waals surface area contributed by atoms with E-state index in [1.54, 1.807) is 12.1 Å². The summed E-state index contributed by atoms with van der Waals surface area (Å²) in [6.07, 6.45) is 1.79. The van der Waals surface area contributed by atoms with Crippen molar-refractivity contribution in [1.29, 1.82) is 0 Å². The molecule has 1 amide bonds. The lowest BCUT2D eigenvalue weighted by Crippen LogP contribution is -2.29. The molecule has 150 valence electrons. The molecule has 1 saturated heterocycles. The van der Waals surface area contributed by atoms with Gasteiger partial charge in [0.05, 0.1) is 11.4 Å². The molecule has 6 nitrogen and oxygen atoms in total. The summed E-state index contributed by atoms with van der Waals surface area (Å²) >= 11 is 0. The second-order valence-corrected chi connectivity index (χ2v) is 9.00. The summed E-state index contributed by atoms with van der Waals surface area (Å²) in [6, 6.07) is 12.1. The molecule has 2 aromatic carbocycles. The number of rotatable bonds is 7. The molecule has 28 heavy (non-hydrogen) atoms. The molecular formula is C21H26N2O4S. The highest BCUT2D eigenvalue weighted by molar-refractivity contribution is 7.89. The molecule has 1 N–H and O–H groups in total. The van der Waals surface area contributed by atoms with Crippen LogP contribution in [0.3, 0.4) is 0 Å². The fourth-order valence-electron chi connectivity index (χ4n) is 3.31. The fraction of sp³-hybridized carbons (Fsp3) is 0.381. The third-order valence-electron chi connectivity index (χ3n) is 4.67. The van der Waals surface area contributed by atoms with Gasteiger partial charge in [0.1, 0.15) is 12.4 Å². The zero-order chi connectivity index (χ0) is 20.1. The molecule has 0 radical (unpaired) electrons. The van der Waals surface area contributed by atoms with Gasteiger partial charge in [-0.15, -0.1) is 0 Å². The quantitative estimate of drug-likeness (QED) is 0.723. The molecule has 2 aromatic rings. The van der Waals surface area contributed by atoms with Crippen LogP contribution in [0.25, 0.3) is 0 Å². The lowest BCUT2D eigenvalue weighted by molar-refractivity contribution is 0.0947. The molecule has 0 aromatic heterocycles. The van der Waals surface area contributed by atoms with Crippen molar-refractivity contribution in [2.45, 2.75) is 31.6 Å². The van der Waals surface area contributed by atoms with E-state index in [9.17, 15) is 13.2 Å².